The van der Waals surface area contributed by atoms with Gasteiger partial charge in [0.25, 0.3) is 5.91 Å². The minimum absolute atomic E-state index is 0.0663. The number of morpholine rings is 1. The van der Waals surface area contributed by atoms with Crippen LogP contribution in [0.5, 0.6) is 0 Å². The Hall–Kier alpha value is -3.00. The third-order valence-corrected chi connectivity index (χ3v) is 7.01. The predicted molar refractivity (Wildman–Crippen MR) is 123 cm³/mol. The summed E-state index contributed by atoms with van der Waals surface area (Å²) in [5.41, 5.74) is 2.80. The molecule has 4 rings (SSSR count). The van der Waals surface area contributed by atoms with Gasteiger partial charge in [-0.25, -0.2) is 8.42 Å². The minimum Gasteiger partial charge on any atom is -0.378 e. The number of sulfonamides is 1. The van der Waals surface area contributed by atoms with Gasteiger partial charge in [-0.2, -0.15) is 4.72 Å². The van der Waals surface area contributed by atoms with Crippen LogP contribution in [0, 0.1) is 6.92 Å². The second-order valence-corrected chi connectivity index (χ2v) is 9.47. The van der Waals surface area contributed by atoms with E-state index < -0.39 is 16.1 Å². The van der Waals surface area contributed by atoms with E-state index in [2.05, 4.69) is 4.72 Å². The number of nitrogens with zero attached hydrogens (tertiary/aromatic N) is 1. The predicted octanol–water partition coefficient (Wildman–Crippen LogP) is 3.54. The Balaban J connectivity index is 1.67. The minimum atomic E-state index is -3.90. The Bertz CT molecular complexity index is 1140. The summed E-state index contributed by atoms with van der Waals surface area (Å²) in [5.74, 6) is -0.175. The lowest BCUT2D eigenvalue weighted by atomic mass is 10.00. The van der Waals surface area contributed by atoms with Crippen molar-refractivity contribution in [3.8, 4) is 0 Å². The zero-order valence-electron chi connectivity index (χ0n) is 17.9. The average Bonchev–Trinajstić information content (AvgIpc) is 2.84. The maximum Gasteiger partial charge on any atom is 0.254 e. The van der Waals surface area contributed by atoms with Gasteiger partial charge in [0.1, 0.15) is 0 Å². The quantitative estimate of drug-likeness (QED) is 0.623. The monoisotopic (exact) mass is 450 g/mol. The van der Waals surface area contributed by atoms with Gasteiger partial charge < -0.3 is 9.64 Å². The summed E-state index contributed by atoms with van der Waals surface area (Å²) < 4.78 is 34.9. The van der Waals surface area contributed by atoms with Gasteiger partial charge >= 0.3 is 0 Å². The molecule has 0 bridgehead atoms. The Morgan fingerprint density at radius 3 is 2.03 bits per heavy atom. The molecule has 0 radical (unpaired) electrons. The summed E-state index contributed by atoms with van der Waals surface area (Å²) in [6.45, 7) is 3.78. The zero-order chi connectivity index (χ0) is 22.6. The van der Waals surface area contributed by atoms with E-state index in [1.54, 1.807) is 17.0 Å². The molecule has 7 heteroatoms. The molecule has 0 saturated carbocycles. The first-order valence-electron chi connectivity index (χ1n) is 10.6. The number of ether oxygens (including phenoxy) is 1. The lowest BCUT2D eigenvalue weighted by Crippen LogP contribution is -2.41. The van der Waals surface area contributed by atoms with Crippen molar-refractivity contribution in [2.75, 3.05) is 26.3 Å². The van der Waals surface area contributed by atoms with E-state index in [1.807, 2.05) is 67.6 Å². The summed E-state index contributed by atoms with van der Waals surface area (Å²) in [4.78, 5) is 14.8. The number of benzene rings is 3. The molecule has 3 aromatic rings. The molecule has 1 aliphatic heterocycles. The van der Waals surface area contributed by atoms with E-state index in [-0.39, 0.29) is 10.8 Å². The van der Waals surface area contributed by atoms with Crippen LogP contribution in [-0.2, 0) is 14.8 Å². The van der Waals surface area contributed by atoms with Gasteiger partial charge in [-0.1, -0.05) is 66.7 Å². The Kier molecular flexibility index (Phi) is 6.69. The van der Waals surface area contributed by atoms with E-state index >= 15 is 0 Å². The molecule has 1 N–H and O–H groups in total. The third kappa shape index (κ3) is 4.91. The molecule has 1 saturated heterocycles. The summed E-state index contributed by atoms with van der Waals surface area (Å²) in [6.07, 6.45) is 0. The molecule has 6 nitrogen and oxygen atoms in total. The van der Waals surface area contributed by atoms with Crippen molar-refractivity contribution < 1.29 is 17.9 Å². The third-order valence-electron chi connectivity index (χ3n) is 5.59. The van der Waals surface area contributed by atoms with Crippen LogP contribution in [0.15, 0.2) is 83.8 Å². The maximum absolute atomic E-state index is 13.4. The number of amides is 1. The molecule has 0 aliphatic carbocycles. The molecular formula is C25H26N2O4S. The van der Waals surface area contributed by atoms with Crippen LogP contribution in [0.1, 0.15) is 33.1 Å². The van der Waals surface area contributed by atoms with Crippen LogP contribution < -0.4 is 4.72 Å². The van der Waals surface area contributed by atoms with Gasteiger partial charge in [-0.05, 0) is 35.7 Å². The molecule has 0 aromatic heterocycles. The lowest BCUT2D eigenvalue weighted by Gasteiger charge is -2.27. The molecular weight excluding hydrogens is 424 g/mol. The number of carbonyl (C=O) groups is 1. The number of rotatable bonds is 6. The van der Waals surface area contributed by atoms with Crippen molar-refractivity contribution in [1.29, 1.82) is 0 Å². The van der Waals surface area contributed by atoms with E-state index in [0.29, 0.717) is 31.9 Å². The second kappa shape index (κ2) is 9.65. The highest BCUT2D eigenvalue weighted by Gasteiger charge is 2.26. The maximum atomic E-state index is 13.4. The molecule has 1 amide bonds. The first-order chi connectivity index (χ1) is 15.5. The van der Waals surface area contributed by atoms with Crippen molar-refractivity contribution in [3.05, 3.63) is 101 Å². The Morgan fingerprint density at radius 2 is 1.47 bits per heavy atom. The molecule has 0 spiro atoms. The van der Waals surface area contributed by atoms with Gasteiger partial charge in [-0.3, -0.25) is 4.79 Å². The topological polar surface area (TPSA) is 75.7 Å². The molecule has 1 fully saturated rings. The number of aryl methyl sites for hydroxylation is 1. The van der Waals surface area contributed by atoms with Crippen LogP contribution in [0.25, 0.3) is 0 Å². The fourth-order valence-electron chi connectivity index (χ4n) is 3.78. The summed E-state index contributed by atoms with van der Waals surface area (Å²) in [7, 11) is -3.90. The van der Waals surface area contributed by atoms with E-state index in [9.17, 15) is 13.2 Å². The van der Waals surface area contributed by atoms with Crippen molar-refractivity contribution in [2.24, 2.45) is 0 Å². The van der Waals surface area contributed by atoms with Crippen molar-refractivity contribution in [1.82, 2.24) is 9.62 Å². The molecule has 1 aliphatic rings. The van der Waals surface area contributed by atoms with Crippen molar-refractivity contribution in [3.63, 3.8) is 0 Å². The fraction of sp³-hybridized carbons (Fsp3) is 0.240. The largest absolute Gasteiger partial charge is 0.378 e. The fourth-order valence-corrected chi connectivity index (χ4v) is 5.02. The number of carbonyl (C=O) groups excluding carboxylic acids is 1. The molecule has 0 unspecified atom stereocenters. The highest BCUT2D eigenvalue weighted by atomic mass is 32.2. The van der Waals surface area contributed by atoms with Gasteiger partial charge in [0, 0.05) is 18.7 Å². The standard InChI is InChI=1S/C25H26N2O4S/c1-19-12-13-22(18-23(19)25(28)27-14-16-31-17-15-27)32(29,30)26-24(20-8-4-2-5-9-20)21-10-6-3-7-11-21/h2-13,18,24,26H,14-17H2,1H3. The normalized spacial score (nSPS) is 14.5. The number of hydrogen-bond donors (Lipinski definition) is 1. The van der Waals surface area contributed by atoms with Crippen molar-refractivity contribution in [2.45, 2.75) is 17.9 Å². The van der Waals surface area contributed by atoms with Crippen LogP contribution in [-0.4, -0.2) is 45.5 Å². The van der Waals surface area contributed by atoms with E-state index in [1.165, 1.54) is 6.07 Å². The van der Waals surface area contributed by atoms with Crippen LogP contribution in [0.3, 0.4) is 0 Å². The van der Waals surface area contributed by atoms with Gasteiger partial charge in [0.15, 0.2) is 0 Å². The molecule has 166 valence electrons. The van der Waals surface area contributed by atoms with E-state index in [0.717, 1.165) is 16.7 Å². The Labute approximate surface area is 188 Å². The summed E-state index contributed by atoms with van der Waals surface area (Å²) in [6, 6.07) is 23.0. The van der Waals surface area contributed by atoms with Crippen molar-refractivity contribution >= 4 is 15.9 Å². The molecule has 3 aromatic carbocycles. The van der Waals surface area contributed by atoms with Gasteiger partial charge in [-0.15, -0.1) is 0 Å². The highest BCUT2D eigenvalue weighted by molar-refractivity contribution is 7.89. The van der Waals surface area contributed by atoms with Crippen LogP contribution in [0.4, 0.5) is 0 Å². The molecule has 1 heterocycles. The SMILES string of the molecule is Cc1ccc(S(=O)(=O)NC(c2ccccc2)c2ccccc2)cc1C(=O)N1CCOCC1. The number of nitrogens with one attached hydrogen (secondary N) is 1. The van der Waals surface area contributed by atoms with Gasteiger partial charge in [0.05, 0.1) is 24.2 Å². The first-order valence-corrected chi connectivity index (χ1v) is 12.0. The zero-order valence-corrected chi connectivity index (χ0v) is 18.7. The smallest absolute Gasteiger partial charge is 0.254 e. The van der Waals surface area contributed by atoms with Gasteiger partial charge in [0.2, 0.25) is 10.0 Å². The van der Waals surface area contributed by atoms with Crippen LogP contribution in [0.2, 0.25) is 0 Å². The number of hydrogen-bond acceptors (Lipinski definition) is 4. The summed E-state index contributed by atoms with van der Waals surface area (Å²) in [5, 5.41) is 0. The molecule has 0 atom stereocenters. The van der Waals surface area contributed by atoms with Crippen LogP contribution >= 0.6 is 0 Å². The molecule has 32 heavy (non-hydrogen) atoms. The summed E-state index contributed by atoms with van der Waals surface area (Å²) >= 11 is 0. The highest BCUT2D eigenvalue weighted by Crippen LogP contribution is 2.25. The first kappa shape index (κ1) is 22.2. The second-order valence-electron chi connectivity index (χ2n) is 7.76. The lowest BCUT2D eigenvalue weighted by molar-refractivity contribution is 0.0302. The Morgan fingerprint density at radius 1 is 0.906 bits per heavy atom. The average molecular weight is 451 g/mol. The van der Waals surface area contributed by atoms with E-state index in [4.69, 9.17) is 4.74 Å².